The first-order valence-electron chi connectivity index (χ1n) is 10.7. The predicted octanol–water partition coefficient (Wildman–Crippen LogP) is 3.91. The van der Waals surface area contributed by atoms with E-state index in [1.54, 1.807) is 19.9 Å². The van der Waals surface area contributed by atoms with E-state index in [1.807, 2.05) is 0 Å². The minimum absolute atomic E-state index is 0.0506. The van der Waals surface area contributed by atoms with Crippen molar-refractivity contribution >= 4 is 29.3 Å². The van der Waals surface area contributed by atoms with Crippen LogP contribution >= 0.6 is 11.6 Å². The molecule has 2 saturated carbocycles. The normalized spacial score (nSPS) is 43.2. The minimum Gasteiger partial charge on any atom is -0.450 e. The monoisotopic (exact) mass is 419 g/mol. The summed E-state index contributed by atoms with van der Waals surface area (Å²) < 4.78 is 5.92. The minimum atomic E-state index is -1.05. The number of allylic oxidation sites excluding steroid dienone is 2. The largest absolute Gasteiger partial charge is 0.450 e. The molecule has 0 aromatic rings. The molecule has 158 valence electrons. The maximum absolute atomic E-state index is 12.9. The SMILES string of the molecule is CCC(=O)O[C@]1(C(C)=O)CC[C@H]2[C@@H]3C=C(Cl)C4=CC(=O)NC[C@]4(C)[C@H]3CC[C@@]21C. The van der Waals surface area contributed by atoms with Crippen LogP contribution in [0.3, 0.4) is 0 Å². The molecule has 0 aromatic heterocycles. The Labute approximate surface area is 177 Å². The number of amides is 1. The number of esters is 1. The van der Waals surface area contributed by atoms with Gasteiger partial charge in [-0.05, 0) is 55.9 Å². The fourth-order valence-corrected chi connectivity index (χ4v) is 7.32. The summed E-state index contributed by atoms with van der Waals surface area (Å²) in [5.41, 5.74) is -0.740. The van der Waals surface area contributed by atoms with Crippen molar-refractivity contribution in [3.63, 3.8) is 0 Å². The van der Waals surface area contributed by atoms with Gasteiger partial charge in [-0.3, -0.25) is 14.4 Å². The Morgan fingerprint density at radius 3 is 2.59 bits per heavy atom. The van der Waals surface area contributed by atoms with Crippen LogP contribution in [0.2, 0.25) is 0 Å². The van der Waals surface area contributed by atoms with Gasteiger partial charge in [0.2, 0.25) is 5.91 Å². The molecule has 4 aliphatic rings. The molecule has 0 radical (unpaired) electrons. The molecule has 0 aromatic carbocycles. The third kappa shape index (κ3) is 2.69. The van der Waals surface area contributed by atoms with Gasteiger partial charge >= 0.3 is 5.97 Å². The Kier molecular flexibility index (Phi) is 4.77. The average molecular weight is 420 g/mol. The van der Waals surface area contributed by atoms with Crippen molar-refractivity contribution in [1.82, 2.24) is 5.32 Å². The molecule has 5 nitrogen and oxygen atoms in total. The van der Waals surface area contributed by atoms with Gasteiger partial charge in [-0.15, -0.1) is 0 Å². The van der Waals surface area contributed by atoms with Crippen LogP contribution in [-0.4, -0.2) is 29.8 Å². The van der Waals surface area contributed by atoms with Crippen LogP contribution < -0.4 is 5.32 Å². The lowest BCUT2D eigenvalue weighted by Gasteiger charge is -2.57. The van der Waals surface area contributed by atoms with E-state index in [9.17, 15) is 14.4 Å². The molecule has 6 atom stereocenters. The van der Waals surface area contributed by atoms with Crippen LogP contribution in [0, 0.1) is 28.6 Å². The second-order valence-electron chi connectivity index (χ2n) is 9.70. The summed E-state index contributed by atoms with van der Waals surface area (Å²) in [6, 6.07) is 0. The molecule has 0 spiro atoms. The Balaban J connectivity index is 1.77. The van der Waals surface area contributed by atoms with Crippen molar-refractivity contribution in [3.05, 3.63) is 22.8 Å². The topological polar surface area (TPSA) is 72.5 Å². The number of ether oxygens (including phenoxy) is 1. The Hall–Kier alpha value is -1.62. The predicted molar refractivity (Wildman–Crippen MR) is 110 cm³/mol. The van der Waals surface area contributed by atoms with Gasteiger partial charge in [0.05, 0.1) is 0 Å². The summed E-state index contributed by atoms with van der Waals surface area (Å²) in [4.78, 5) is 37.0. The zero-order valence-corrected chi connectivity index (χ0v) is 18.4. The highest BCUT2D eigenvalue weighted by molar-refractivity contribution is 6.32. The van der Waals surface area contributed by atoms with Crippen LogP contribution in [0.15, 0.2) is 22.8 Å². The van der Waals surface area contributed by atoms with E-state index < -0.39 is 11.0 Å². The number of halogens is 1. The van der Waals surface area contributed by atoms with Crippen molar-refractivity contribution in [1.29, 1.82) is 0 Å². The van der Waals surface area contributed by atoms with Crippen molar-refractivity contribution in [2.75, 3.05) is 6.54 Å². The standard InChI is InChI=1S/C23H30ClNO4/c1-5-20(28)29-23(13(2)26)9-7-16-14-10-18(24)17-11-19(27)25-12-21(17,3)15(14)6-8-22(16,23)4/h10-11,14-16H,5-9,12H2,1-4H3,(H,25,27)/t14-,15+,16+,21-,22+,23+/m1/s1. The first-order chi connectivity index (χ1) is 13.6. The molecular weight excluding hydrogens is 390 g/mol. The molecular formula is C23H30ClNO4. The lowest BCUT2D eigenvalue weighted by molar-refractivity contribution is -0.186. The molecule has 29 heavy (non-hydrogen) atoms. The highest BCUT2D eigenvalue weighted by Crippen LogP contribution is 2.67. The number of nitrogens with one attached hydrogen (secondary N) is 1. The van der Waals surface area contributed by atoms with Crippen molar-refractivity contribution < 1.29 is 19.1 Å². The van der Waals surface area contributed by atoms with Crippen LogP contribution in [-0.2, 0) is 19.1 Å². The lowest BCUT2D eigenvalue weighted by atomic mass is 9.49. The molecule has 0 saturated heterocycles. The highest BCUT2D eigenvalue weighted by Gasteiger charge is 2.67. The van der Waals surface area contributed by atoms with Gasteiger partial charge in [0.15, 0.2) is 11.4 Å². The fraction of sp³-hybridized carbons (Fsp3) is 0.696. The first-order valence-corrected chi connectivity index (χ1v) is 11.1. The number of rotatable bonds is 3. The Morgan fingerprint density at radius 2 is 1.93 bits per heavy atom. The first kappa shape index (κ1) is 20.6. The molecule has 1 amide bonds. The van der Waals surface area contributed by atoms with Crippen molar-refractivity contribution in [2.24, 2.45) is 28.6 Å². The average Bonchev–Trinajstić information content (AvgIpc) is 2.97. The smallest absolute Gasteiger partial charge is 0.306 e. The van der Waals surface area contributed by atoms with Crippen LogP contribution in [0.1, 0.15) is 59.8 Å². The molecule has 3 aliphatic carbocycles. The van der Waals surface area contributed by atoms with Gasteiger partial charge in [0, 0.05) is 34.9 Å². The van der Waals surface area contributed by atoms with Crippen molar-refractivity contribution in [2.45, 2.75) is 65.4 Å². The summed E-state index contributed by atoms with van der Waals surface area (Å²) in [7, 11) is 0. The zero-order valence-electron chi connectivity index (χ0n) is 17.6. The van der Waals surface area contributed by atoms with E-state index in [0.717, 1.165) is 24.8 Å². The van der Waals surface area contributed by atoms with Gasteiger partial charge in [-0.2, -0.15) is 0 Å². The van der Waals surface area contributed by atoms with E-state index >= 15 is 0 Å². The summed E-state index contributed by atoms with van der Waals surface area (Å²) in [6.45, 7) is 8.22. The second kappa shape index (κ2) is 6.69. The highest BCUT2D eigenvalue weighted by atomic mass is 35.5. The molecule has 2 fully saturated rings. The van der Waals surface area contributed by atoms with E-state index in [-0.39, 0.29) is 41.3 Å². The van der Waals surface area contributed by atoms with E-state index in [2.05, 4.69) is 25.2 Å². The Morgan fingerprint density at radius 1 is 1.24 bits per heavy atom. The van der Waals surface area contributed by atoms with Gasteiger partial charge in [-0.25, -0.2) is 0 Å². The number of carbonyl (C=O) groups excluding carboxylic acids is 3. The van der Waals surface area contributed by atoms with E-state index in [4.69, 9.17) is 16.3 Å². The quantitative estimate of drug-likeness (QED) is 0.704. The molecule has 0 unspecified atom stereocenters. The van der Waals surface area contributed by atoms with E-state index in [1.165, 1.54) is 0 Å². The molecule has 6 heteroatoms. The number of Topliss-reactive ketones (excluding diaryl/α,β-unsaturated/α-hetero) is 1. The van der Waals surface area contributed by atoms with E-state index in [0.29, 0.717) is 23.9 Å². The summed E-state index contributed by atoms with van der Waals surface area (Å²) in [5.74, 6) is 0.282. The van der Waals surface area contributed by atoms with Gasteiger partial charge < -0.3 is 10.1 Å². The van der Waals surface area contributed by atoms with Gasteiger partial charge in [0.1, 0.15) is 0 Å². The molecule has 1 heterocycles. The summed E-state index contributed by atoms with van der Waals surface area (Å²) >= 11 is 6.70. The number of fused-ring (bicyclic) bond motifs is 5. The maximum atomic E-state index is 12.9. The van der Waals surface area contributed by atoms with Crippen LogP contribution in [0.25, 0.3) is 0 Å². The molecule has 0 bridgehead atoms. The zero-order chi connectivity index (χ0) is 21.2. The number of hydrogen-bond acceptors (Lipinski definition) is 4. The summed E-state index contributed by atoms with van der Waals surface area (Å²) in [6.07, 6.45) is 7.14. The molecule has 4 rings (SSSR count). The lowest BCUT2D eigenvalue weighted by Crippen LogP contribution is -2.59. The number of carbonyl (C=O) groups is 3. The fourth-order valence-electron chi connectivity index (χ4n) is 6.90. The van der Waals surface area contributed by atoms with Crippen LogP contribution in [0.4, 0.5) is 0 Å². The van der Waals surface area contributed by atoms with Crippen LogP contribution in [0.5, 0.6) is 0 Å². The van der Waals surface area contributed by atoms with Gasteiger partial charge in [0.25, 0.3) is 0 Å². The van der Waals surface area contributed by atoms with Crippen molar-refractivity contribution in [3.8, 4) is 0 Å². The molecule has 1 N–H and O–H groups in total. The third-order valence-electron chi connectivity index (χ3n) is 8.53. The second-order valence-corrected chi connectivity index (χ2v) is 10.1. The maximum Gasteiger partial charge on any atom is 0.306 e. The Bertz CT molecular complexity index is 848. The summed E-state index contributed by atoms with van der Waals surface area (Å²) in [5, 5.41) is 3.64. The molecule has 1 aliphatic heterocycles. The third-order valence-corrected chi connectivity index (χ3v) is 8.86. The number of hydrogen-bond donors (Lipinski definition) is 1. The number of ketones is 1. The van der Waals surface area contributed by atoms with Gasteiger partial charge in [-0.1, -0.05) is 38.4 Å².